The van der Waals surface area contributed by atoms with Crippen molar-refractivity contribution in [2.24, 2.45) is 0 Å². The Bertz CT molecular complexity index is 1030. The van der Waals surface area contributed by atoms with E-state index in [0.29, 0.717) is 24.2 Å². The molecule has 168 valence electrons. The number of H-pyrrole nitrogens is 1. The fraction of sp³-hybridized carbons (Fsp3) is 0.500. The van der Waals surface area contributed by atoms with E-state index in [1.165, 1.54) is 6.42 Å². The van der Waals surface area contributed by atoms with Crippen LogP contribution in [0.3, 0.4) is 0 Å². The third-order valence-corrected chi connectivity index (χ3v) is 6.99. The maximum atomic E-state index is 13.1. The van der Waals surface area contributed by atoms with E-state index >= 15 is 0 Å². The molecular formula is C24H29N5O3. The van der Waals surface area contributed by atoms with Crippen LogP contribution in [-0.2, 0) is 4.79 Å². The van der Waals surface area contributed by atoms with Crippen molar-refractivity contribution in [2.45, 2.75) is 50.5 Å². The molecule has 0 radical (unpaired) electrons. The second-order valence-electron chi connectivity index (χ2n) is 9.05. The predicted octanol–water partition coefficient (Wildman–Crippen LogP) is 2.62. The first kappa shape index (κ1) is 20.7. The molecule has 2 unspecified atom stereocenters. The Morgan fingerprint density at radius 1 is 1.03 bits per heavy atom. The Hall–Kier alpha value is -3.16. The Balaban J connectivity index is 1.27. The van der Waals surface area contributed by atoms with Gasteiger partial charge in [0.2, 0.25) is 5.91 Å². The first-order valence-electron chi connectivity index (χ1n) is 11.6. The summed E-state index contributed by atoms with van der Waals surface area (Å²) in [4.78, 5) is 42.2. The van der Waals surface area contributed by atoms with E-state index in [-0.39, 0.29) is 36.1 Å². The maximum absolute atomic E-state index is 13.1. The van der Waals surface area contributed by atoms with Gasteiger partial charge in [0.05, 0.1) is 29.9 Å². The van der Waals surface area contributed by atoms with Gasteiger partial charge in [-0.25, -0.2) is 0 Å². The lowest BCUT2D eigenvalue weighted by Gasteiger charge is -2.34. The molecule has 5 rings (SSSR count). The molecule has 0 bridgehead atoms. The molecule has 2 fully saturated rings. The van der Waals surface area contributed by atoms with Crippen LogP contribution in [0.4, 0.5) is 0 Å². The van der Waals surface area contributed by atoms with Crippen LogP contribution in [0.1, 0.15) is 82.5 Å². The lowest BCUT2D eigenvalue weighted by Crippen LogP contribution is -2.41. The fourth-order valence-electron chi connectivity index (χ4n) is 5.27. The van der Waals surface area contributed by atoms with E-state index in [9.17, 15) is 14.4 Å². The third-order valence-electron chi connectivity index (χ3n) is 6.99. The number of likely N-dealkylation sites (tertiary alicyclic amines) is 2. The van der Waals surface area contributed by atoms with Crippen molar-refractivity contribution in [1.82, 2.24) is 25.3 Å². The van der Waals surface area contributed by atoms with Gasteiger partial charge in [-0.3, -0.25) is 19.5 Å². The zero-order valence-electron chi connectivity index (χ0n) is 18.2. The molecule has 3 aliphatic heterocycles. The first-order chi connectivity index (χ1) is 15.6. The van der Waals surface area contributed by atoms with Crippen molar-refractivity contribution in [3.05, 3.63) is 52.8 Å². The summed E-state index contributed by atoms with van der Waals surface area (Å²) in [5, 5.41) is 10.2. The topological polar surface area (TPSA) is 98.4 Å². The molecule has 1 aromatic carbocycles. The summed E-state index contributed by atoms with van der Waals surface area (Å²) in [7, 11) is 0. The highest BCUT2D eigenvalue weighted by molar-refractivity contribution is 5.99. The molecule has 0 saturated carbocycles. The Labute approximate surface area is 187 Å². The Morgan fingerprint density at radius 2 is 1.81 bits per heavy atom. The van der Waals surface area contributed by atoms with Crippen LogP contribution in [-0.4, -0.2) is 63.9 Å². The highest BCUT2D eigenvalue weighted by atomic mass is 16.2. The van der Waals surface area contributed by atoms with Gasteiger partial charge in [0, 0.05) is 37.7 Å². The number of aromatic amines is 1. The van der Waals surface area contributed by atoms with Gasteiger partial charge in [0.15, 0.2) is 0 Å². The molecule has 8 nitrogen and oxygen atoms in total. The van der Waals surface area contributed by atoms with Crippen LogP contribution in [0.2, 0.25) is 0 Å². The van der Waals surface area contributed by atoms with Gasteiger partial charge >= 0.3 is 0 Å². The summed E-state index contributed by atoms with van der Waals surface area (Å²) in [5.74, 6) is 0.0138. The number of benzene rings is 1. The minimum atomic E-state index is -0.282. The normalized spacial score (nSPS) is 23.1. The number of rotatable bonds is 4. The van der Waals surface area contributed by atoms with Crippen molar-refractivity contribution in [2.75, 3.05) is 26.2 Å². The van der Waals surface area contributed by atoms with Gasteiger partial charge in [0.25, 0.3) is 11.8 Å². The van der Waals surface area contributed by atoms with Crippen LogP contribution in [0, 0.1) is 0 Å². The number of aromatic nitrogens is 2. The van der Waals surface area contributed by atoms with Crippen molar-refractivity contribution in [3.63, 3.8) is 0 Å². The van der Waals surface area contributed by atoms with Crippen LogP contribution in [0.15, 0.2) is 30.5 Å². The Kier molecular flexibility index (Phi) is 5.68. The third kappa shape index (κ3) is 3.89. The summed E-state index contributed by atoms with van der Waals surface area (Å²) < 4.78 is 0. The highest BCUT2D eigenvalue weighted by Crippen LogP contribution is 2.32. The molecular weight excluding hydrogens is 406 g/mol. The predicted molar refractivity (Wildman–Crippen MR) is 118 cm³/mol. The zero-order valence-corrected chi connectivity index (χ0v) is 18.2. The smallest absolute Gasteiger partial charge is 0.257 e. The average molecular weight is 436 g/mol. The molecule has 8 heteroatoms. The van der Waals surface area contributed by atoms with E-state index in [2.05, 4.69) is 15.5 Å². The van der Waals surface area contributed by atoms with E-state index in [4.69, 9.17) is 0 Å². The van der Waals surface area contributed by atoms with E-state index in [1.54, 1.807) is 12.3 Å². The van der Waals surface area contributed by atoms with Crippen molar-refractivity contribution in [3.8, 4) is 0 Å². The van der Waals surface area contributed by atoms with E-state index in [0.717, 1.165) is 50.0 Å². The number of piperidine rings is 2. The molecule has 2 N–H and O–H groups in total. The monoisotopic (exact) mass is 435 g/mol. The molecule has 1 aromatic heterocycles. The number of nitrogens with zero attached hydrogens (tertiary/aromatic N) is 3. The average Bonchev–Trinajstić information content (AvgIpc) is 3.45. The molecule has 32 heavy (non-hydrogen) atoms. The number of hydrogen-bond donors (Lipinski definition) is 2. The fourth-order valence-corrected chi connectivity index (χ4v) is 5.27. The second kappa shape index (κ2) is 8.76. The van der Waals surface area contributed by atoms with Gasteiger partial charge in [-0.15, -0.1) is 0 Å². The standard InChI is InChI=1S/C24H29N5O3/c30-21(13-20-17-8-2-3-9-18(17)23(31)26-20)29-12-6-7-16(15-29)22-19(14-25-27-22)24(32)28-10-4-1-5-11-28/h2-3,8-9,14,16,20H,1,4-7,10-13,15H2,(H,25,27)(H,26,31). The SMILES string of the molecule is O=C1NC(CC(=O)N2CCCC(c3[nH]ncc3C(=O)N3CCCCC3)C2)c2ccccc21. The summed E-state index contributed by atoms with van der Waals surface area (Å²) >= 11 is 0. The van der Waals surface area contributed by atoms with Gasteiger partial charge in [0.1, 0.15) is 0 Å². The molecule has 3 amide bonds. The number of nitrogens with one attached hydrogen (secondary N) is 2. The second-order valence-corrected chi connectivity index (χ2v) is 9.05. The van der Waals surface area contributed by atoms with Crippen molar-refractivity contribution < 1.29 is 14.4 Å². The largest absolute Gasteiger partial charge is 0.345 e. The van der Waals surface area contributed by atoms with Gasteiger partial charge in [-0.2, -0.15) is 5.10 Å². The van der Waals surface area contributed by atoms with Crippen LogP contribution >= 0.6 is 0 Å². The van der Waals surface area contributed by atoms with Gasteiger partial charge < -0.3 is 15.1 Å². The zero-order chi connectivity index (χ0) is 22.1. The number of carbonyl (C=O) groups excluding carboxylic acids is 3. The lowest BCUT2D eigenvalue weighted by atomic mass is 9.91. The van der Waals surface area contributed by atoms with Gasteiger partial charge in [-0.1, -0.05) is 18.2 Å². The number of fused-ring (bicyclic) bond motifs is 1. The first-order valence-corrected chi connectivity index (χ1v) is 11.6. The maximum Gasteiger partial charge on any atom is 0.257 e. The number of amides is 3. The highest BCUT2D eigenvalue weighted by Gasteiger charge is 2.34. The molecule has 2 aromatic rings. The molecule has 2 saturated heterocycles. The molecule has 0 spiro atoms. The molecule has 2 atom stereocenters. The van der Waals surface area contributed by atoms with E-state index < -0.39 is 0 Å². The number of carbonyl (C=O) groups is 3. The molecule has 4 heterocycles. The summed E-state index contributed by atoms with van der Waals surface area (Å²) in [5.41, 5.74) is 3.03. The summed E-state index contributed by atoms with van der Waals surface area (Å²) in [6, 6.07) is 7.16. The number of hydrogen-bond acceptors (Lipinski definition) is 4. The lowest BCUT2D eigenvalue weighted by molar-refractivity contribution is -0.132. The summed E-state index contributed by atoms with van der Waals surface area (Å²) in [6.07, 6.45) is 6.94. The summed E-state index contributed by atoms with van der Waals surface area (Å²) in [6.45, 7) is 2.85. The Morgan fingerprint density at radius 3 is 2.66 bits per heavy atom. The van der Waals surface area contributed by atoms with Crippen molar-refractivity contribution >= 4 is 17.7 Å². The van der Waals surface area contributed by atoms with Crippen molar-refractivity contribution in [1.29, 1.82) is 0 Å². The van der Waals surface area contributed by atoms with Crippen LogP contribution in [0.25, 0.3) is 0 Å². The van der Waals surface area contributed by atoms with Gasteiger partial charge in [-0.05, 0) is 43.7 Å². The minimum Gasteiger partial charge on any atom is -0.345 e. The van der Waals surface area contributed by atoms with E-state index in [1.807, 2.05) is 28.0 Å². The minimum absolute atomic E-state index is 0.0279. The van der Waals surface area contributed by atoms with Crippen LogP contribution < -0.4 is 5.32 Å². The van der Waals surface area contributed by atoms with Crippen LogP contribution in [0.5, 0.6) is 0 Å². The molecule has 0 aliphatic carbocycles. The molecule has 3 aliphatic rings. The quantitative estimate of drug-likeness (QED) is 0.771.